The fraction of sp³-hybridized carbons (Fsp3) is 0.118. The first-order chi connectivity index (χ1) is 11.2. The summed E-state index contributed by atoms with van der Waals surface area (Å²) < 4.78 is 9.79. The number of nitrogens with one attached hydrogen (secondary N) is 1. The van der Waals surface area contributed by atoms with Crippen molar-refractivity contribution >= 4 is 18.0 Å². The number of nitrogens with zero attached hydrogens (tertiary/aromatic N) is 1. The molecule has 0 aliphatic rings. The van der Waals surface area contributed by atoms with Crippen molar-refractivity contribution in [3.05, 3.63) is 65.1 Å². The highest BCUT2D eigenvalue weighted by molar-refractivity contribution is 6.03. The molecular formula is C17H14N2O4. The van der Waals surface area contributed by atoms with Crippen molar-refractivity contribution in [1.82, 2.24) is 5.32 Å². The van der Waals surface area contributed by atoms with Crippen LogP contribution in [-0.2, 0) is 16.1 Å². The molecule has 2 aromatic rings. The average Bonchev–Trinajstić information content (AvgIpc) is 3.10. The van der Waals surface area contributed by atoms with E-state index in [0.29, 0.717) is 11.3 Å². The van der Waals surface area contributed by atoms with Gasteiger partial charge in [0.05, 0.1) is 25.5 Å². The Bertz CT molecular complexity index is 770. The van der Waals surface area contributed by atoms with Gasteiger partial charge < -0.3 is 14.5 Å². The molecule has 1 aromatic carbocycles. The summed E-state index contributed by atoms with van der Waals surface area (Å²) in [4.78, 5) is 23.8. The lowest BCUT2D eigenvalue weighted by molar-refractivity contribution is -0.117. The van der Waals surface area contributed by atoms with E-state index in [1.807, 2.05) is 6.07 Å². The average molecular weight is 310 g/mol. The number of nitriles is 1. The van der Waals surface area contributed by atoms with Gasteiger partial charge in [-0.15, -0.1) is 0 Å². The molecule has 0 atom stereocenters. The second kappa shape index (κ2) is 7.61. The smallest absolute Gasteiger partial charge is 0.338 e. The Balaban J connectivity index is 2.20. The third-order valence-corrected chi connectivity index (χ3v) is 3.03. The van der Waals surface area contributed by atoms with E-state index < -0.39 is 11.9 Å². The Kier molecular flexibility index (Phi) is 5.31. The van der Waals surface area contributed by atoms with Gasteiger partial charge >= 0.3 is 5.97 Å². The third-order valence-electron chi connectivity index (χ3n) is 3.03. The van der Waals surface area contributed by atoms with Crippen LogP contribution < -0.4 is 5.32 Å². The van der Waals surface area contributed by atoms with Crippen LogP contribution in [0.4, 0.5) is 0 Å². The van der Waals surface area contributed by atoms with Crippen molar-refractivity contribution in [2.24, 2.45) is 0 Å². The molecule has 0 bridgehead atoms. The lowest BCUT2D eigenvalue weighted by Gasteiger charge is -2.05. The predicted molar refractivity (Wildman–Crippen MR) is 81.9 cm³/mol. The van der Waals surface area contributed by atoms with Gasteiger partial charge in [-0.1, -0.05) is 18.2 Å². The van der Waals surface area contributed by atoms with Crippen molar-refractivity contribution in [3.63, 3.8) is 0 Å². The highest BCUT2D eigenvalue weighted by Crippen LogP contribution is 2.14. The van der Waals surface area contributed by atoms with Crippen LogP contribution in [0.3, 0.4) is 0 Å². The van der Waals surface area contributed by atoms with Gasteiger partial charge in [0.15, 0.2) is 0 Å². The van der Waals surface area contributed by atoms with E-state index in [-0.39, 0.29) is 17.7 Å². The third kappa shape index (κ3) is 4.08. The number of furan rings is 1. The molecule has 23 heavy (non-hydrogen) atoms. The molecule has 0 saturated heterocycles. The number of methoxy groups -OCH3 is 1. The summed E-state index contributed by atoms with van der Waals surface area (Å²) in [7, 11) is 1.27. The van der Waals surface area contributed by atoms with Crippen LogP contribution in [0.1, 0.15) is 21.7 Å². The maximum atomic E-state index is 12.1. The molecule has 0 radical (unpaired) electrons. The minimum absolute atomic E-state index is 0.118. The molecule has 0 saturated carbocycles. The first-order valence-electron chi connectivity index (χ1n) is 6.75. The molecule has 1 amide bonds. The van der Waals surface area contributed by atoms with Crippen LogP contribution in [0.25, 0.3) is 6.08 Å². The van der Waals surface area contributed by atoms with Crippen LogP contribution in [0.5, 0.6) is 0 Å². The Morgan fingerprint density at radius 2 is 2.09 bits per heavy atom. The Morgan fingerprint density at radius 1 is 1.30 bits per heavy atom. The van der Waals surface area contributed by atoms with Crippen molar-refractivity contribution in [1.29, 1.82) is 5.26 Å². The van der Waals surface area contributed by atoms with Crippen LogP contribution in [-0.4, -0.2) is 19.0 Å². The number of amides is 1. The maximum Gasteiger partial charge on any atom is 0.338 e. The summed E-state index contributed by atoms with van der Waals surface area (Å²) >= 11 is 0. The van der Waals surface area contributed by atoms with Crippen molar-refractivity contribution in [3.8, 4) is 6.07 Å². The predicted octanol–water partition coefficient (Wildman–Crippen LogP) is 2.29. The monoisotopic (exact) mass is 310 g/mol. The van der Waals surface area contributed by atoms with E-state index in [0.717, 1.165) is 0 Å². The van der Waals surface area contributed by atoms with Crippen molar-refractivity contribution in [2.75, 3.05) is 7.11 Å². The first-order valence-corrected chi connectivity index (χ1v) is 6.75. The molecule has 1 aromatic heterocycles. The zero-order valence-electron chi connectivity index (χ0n) is 12.4. The Morgan fingerprint density at radius 3 is 2.74 bits per heavy atom. The summed E-state index contributed by atoms with van der Waals surface area (Å²) in [5.74, 6) is -0.515. The number of rotatable bonds is 5. The number of carbonyl (C=O) groups is 2. The first kappa shape index (κ1) is 16.0. The van der Waals surface area contributed by atoms with Gasteiger partial charge in [-0.3, -0.25) is 4.79 Å². The van der Waals surface area contributed by atoms with E-state index in [2.05, 4.69) is 10.1 Å². The van der Waals surface area contributed by atoms with Gasteiger partial charge in [0.1, 0.15) is 17.4 Å². The van der Waals surface area contributed by atoms with Crippen LogP contribution in [0.15, 0.2) is 52.7 Å². The molecule has 1 N–H and O–H groups in total. The number of esters is 1. The number of hydrogen-bond acceptors (Lipinski definition) is 5. The minimum atomic E-state index is -0.552. The second-order valence-electron chi connectivity index (χ2n) is 4.51. The van der Waals surface area contributed by atoms with Gasteiger partial charge in [-0.05, 0) is 29.8 Å². The SMILES string of the molecule is COC(=O)c1ccccc1/C=C(\C#N)C(=O)NCc1ccco1. The van der Waals surface area contributed by atoms with Crippen LogP contribution in [0.2, 0.25) is 0 Å². The van der Waals surface area contributed by atoms with E-state index in [9.17, 15) is 14.9 Å². The molecule has 0 fully saturated rings. The van der Waals surface area contributed by atoms with Gasteiger partial charge in [-0.2, -0.15) is 5.26 Å². The summed E-state index contributed by atoms with van der Waals surface area (Å²) in [6.45, 7) is 0.170. The van der Waals surface area contributed by atoms with Crippen molar-refractivity contribution in [2.45, 2.75) is 6.54 Å². The van der Waals surface area contributed by atoms with Gasteiger partial charge in [0.2, 0.25) is 0 Å². The molecule has 6 nitrogen and oxygen atoms in total. The minimum Gasteiger partial charge on any atom is -0.467 e. The van der Waals surface area contributed by atoms with E-state index >= 15 is 0 Å². The number of benzene rings is 1. The normalized spacial score (nSPS) is 10.7. The van der Waals surface area contributed by atoms with E-state index in [1.165, 1.54) is 19.4 Å². The number of hydrogen-bond donors (Lipinski definition) is 1. The number of carbonyl (C=O) groups excluding carboxylic acids is 2. The Hall–Kier alpha value is -3.33. The molecule has 0 aliphatic heterocycles. The van der Waals surface area contributed by atoms with Gasteiger partial charge in [0.25, 0.3) is 5.91 Å². The Labute approximate surface area is 133 Å². The summed E-state index contributed by atoms with van der Waals surface area (Å²) in [5, 5.41) is 11.8. The highest BCUT2D eigenvalue weighted by Gasteiger charge is 2.13. The summed E-state index contributed by atoms with van der Waals surface area (Å²) in [6, 6.07) is 11.8. The van der Waals surface area contributed by atoms with Crippen LogP contribution >= 0.6 is 0 Å². The highest BCUT2D eigenvalue weighted by atomic mass is 16.5. The summed E-state index contributed by atoms with van der Waals surface area (Å²) in [5.41, 5.74) is 0.596. The molecule has 116 valence electrons. The molecule has 6 heteroatoms. The van der Waals surface area contributed by atoms with E-state index in [1.54, 1.807) is 36.4 Å². The molecule has 2 rings (SSSR count). The van der Waals surface area contributed by atoms with Crippen molar-refractivity contribution < 1.29 is 18.7 Å². The molecular weight excluding hydrogens is 296 g/mol. The van der Waals surface area contributed by atoms with Crippen LogP contribution in [0, 0.1) is 11.3 Å². The summed E-state index contributed by atoms with van der Waals surface area (Å²) in [6.07, 6.45) is 2.85. The zero-order valence-corrected chi connectivity index (χ0v) is 12.4. The maximum absolute atomic E-state index is 12.1. The topological polar surface area (TPSA) is 92.3 Å². The fourth-order valence-corrected chi connectivity index (χ4v) is 1.90. The lowest BCUT2D eigenvalue weighted by Crippen LogP contribution is -2.23. The number of ether oxygens (including phenoxy) is 1. The standard InChI is InChI=1S/C17H14N2O4/c1-22-17(21)15-7-3-2-5-12(15)9-13(10-18)16(20)19-11-14-6-4-8-23-14/h2-9H,11H2,1H3,(H,19,20)/b13-9+. The van der Waals surface area contributed by atoms with Gasteiger partial charge in [-0.25, -0.2) is 4.79 Å². The lowest BCUT2D eigenvalue weighted by atomic mass is 10.0. The molecule has 0 unspecified atom stereocenters. The molecule has 0 spiro atoms. The zero-order chi connectivity index (χ0) is 16.7. The van der Waals surface area contributed by atoms with Gasteiger partial charge in [0, 0.05) is 0 Å². The molecule has 0 aliphatic carbocycles. The largest absolute Gasteiger partial charge is 0.467 e. The molecule has 1 heterocycles. The quantitative estimate of drug-likeness (QED) is 0.519. The fourth-order valence-electron chi connectivity index (χ4n) is 1.90. The van der Waals surface area contributed by atoms with E-state index in [4.69, 9.17) is 4.42 Å². The second-order valence-corrected chi connectivity index (χ2v) is 4.51.